The zero-order valence-electron chi connectivity index (χ0n) is 7.38. The van der Waals surface area contributed by atoms with Gasteiger partial charge in [-0.15, -0.1) is 12.3 Å². The molecule has 0 fully saturated rings. The number of halogens is 1. The molecule has 0 saturated carbocycles. The zero-order chi connectivity index (χ0) is 9.68. The fourth-order valence-corrected chi connectivity index (χ4v) is 1.33. The Kier molecular flexibility index (Phi) is 3.78. The second-order valence-electron chi connectivity index (χ2n) is 2.58. The van der Waals surface area contributed by atoms with Crippen molar-refractivity contribution in [2.45, 2.75) is 13.3 Å². The quantitative estimate of drug-likeness (QED) is 0.598. The molecular weight excluding hydrogens is 230 g/mol. The molecule has 1 rings (SSSR count). The van der Waals surface area contributed by atoms with Gasteiger partial charge >= 0.3 is 0 Å². The van der Waals surface area contributed by atoms with Crippen LogP contribution in [0.15, 0.2) is 16.7 Å². The second-order valence-corrected chi connectivity index (χ2v) is 3.49. The fraction of sp³-hybridized carbons (Fsp3) is 0.300. The van der Waals surface area contributed by atoms with Gasteiger partial charge in [0, 0.05) is 22.7 Å². The Morgan fingerprint density at radius 3 is 3.08 bits per heavy atom. The van der Waals surface area contributed by atoms with Crippen LogP contribution in [-0.4, -0.2) is 11.6 Å². The van der Waals surface area contributed by atoms with E-state index < -0.39 is 0 Å². The highest BCUT2D eigenvalue weighted by Crippen LogP contribution is 2.18. The topological polar surface area (TPSA) is 22.1 Å². The smallest absolute Gasteiger partial charge is 0.216 e. The van der Waals surface area contributed by atoms with E-state index in [1.165, 1.54) is 0 Å². The van der Waals surface area contributed by atoms with Crippen molar-refractivity contribution >= 4 is 15.9 Å². The molecule has 0 amide bonds. The van der Waals surface area contributed by atoms with E-state index in [1.807, 2.05) is 13.0 Å². The third-order valence-corrected chi connectivity index (χ3v) is 1.92. The number of hydrogen-bond acceptors (Lipinski definition) is 2. The summed E-state index contributed by atoms with van der Waals surface area (Å²) in [6.07, 6.45) is 7.41. The van der Waals surface area contributed by atoms with Gasteiger partial charge in [-0.05, 0) is 28.9 Å². The molecule has 0 aliphatic rings. The van der Waals surface area contributed by atoms with Gasteiger partial charge in [-0.3, -0.25) is 0 Å². The van der Waals surface area contributed by atoms with Gasteiger partial charge in [0.15, 0.2) is 0 Å². The van der Waals surface area contributed by atoms with Gasteiger partial charge in [-0.1, -0.05) is 0 Å². The van der Waals surface area contributed by atoms with Gasteiger partial charge in [-0.2, -0.15) is 0 Å². The molecule has 0 spiro atoms. The summed E-state index contributed by atoms with van der Waals surface area (Å²) in [5.41, 5.74) is 1.01. The number of pyridine rings is 1. The van der Waals surface area contributed by atoms with Crippen molar-refractivity contribution in [1.82, 2.24) is 4.98 Å². The Hall–Kier alpha value is -1.01. The van der Waals surface area contributed by atoms with Crippen molar-refractivity contribution in [1.29, 1.82) is 0 Å². The van der Waals surface area contributed by atoms with Crippen LogP contribution < -0.4 is 4.74 Å². The molecule has 3 heteroatoms. The molecule has 0 unspecified atom stereocenters. The minimum Gasteiger partial charge on any atom is -0.476 e. The molecule has 1 aromatic heterocycles. The summed E-state index contributed by atoms with van der Waals surface area (Å²) in [5, 5.41) is 0. The predicted molar refractivity (Wildman–Crippen MR) is 55.6 cm³/mol. The Morgan fingerprint density at radius 1 is 1.69 bits per heavy atom. The maximum Gasteiger partial charge on any atom is 0.216 e. The van der Waals surface area contributed by atoms with E-state index in [2.05, 4.69) is 26.8 Å². The molecule has 1 aromatic rings. The van der Waals surface area contributed by atoms with Gasteiger partial charge in [0.05, 0.1) is 0 Å². The van der Waals surface area contributed by atoms with E-state index in [-0.39, 0.29) is 0 Å². The first kappa shape index (κ1) is 10.1. The lowest BCUT2D eigenvalue weighted by Gasteiger charge is -2.05. The normalized spacial score (nSPS) is 9.31. The maximum absolute atomic E-state index is 5.36. The van der Waals surface area contributed by atoms with E-state index in [1.54, 1.807) is 6.20 Å². The van der Waals surface area contributed by atoms with Gasteiger partial charge in [0.25, 0.3) is 0 Å². The highest BCUT2D eigenvalue weighted by molar-refractivity contribution is 9.10. The highest BCUT2D eigenvalue weighted by atomic mass is 79.9. The van der Waals surface area contributed by atoms with Crippen LogP contribution in [0.5, 0.6) is 5.88 Å². The molecule has 1 heterocycles. The monoisotopic (exact) mass is 239 g/mol. The van der Waals surface area contributed by atoms with E-state index >= 15 is 0 Å². The lowest BCUT2D eigenvalue weighted by molar-refractivity contribution is 0.312. The van der Waals surface area contributed by atoms with Crippen molar-refractivity contribution in [2.24, 2.45) is 0 Å². The molecule has 0 bridgehead atoms. The Bertz CT molecular complexity index is 330. The third-order valence-electron chi connectivity index (χ3n) is 1.48. The van der Waals surface area contributed by atoms with Crippen molar-refractivity contribution in [3.8, 4) is 18.2 Å². The summed E-state index contributed by atoms with van der Waals surface area (Å²) < 4.78 is 6.31. The first-order valence-electron chi connectivity index (χ1n) is 3.92. The number of aromatic nitrogens is 1. The summed E-state index contributed by atoms with van der Waals surface area (Å²) in [6, 6.07) is 1.96. The summed E-state index contributed by atoms with van der Waals surface area (Å²) in [7, 11) is 0. The molecule has 0 aromatic carbocycles. The first-order chi connectivity index (χ1) is 6.24. The molecule has 2 nitrogen and oxygen atoms in total. The molecule has 68 valence electrons. The van der Waals surface area contributed by atoms with Crippen LogP contribution in [0.2, 0.25) is 0 Å². The van der Waals surface area contributed by atoms with E-state index in [4.69, 9.17) is 11.2 Å². The second kappa shape index (κ2) is 4.88. The van der Waals surface area contributed by atoms with Crippen LogP contribution in [0.3, 0.4) is 0 Å². The maximum atomic E-state index is 5.36. The summed E-state index contributed by atoms with van der Waals surface area (Å²) in [4.78, 5) is 4.11. The average molecular weight is 240 g/mol. The van der Waals surface area contributed by atoms with Crippen molar-refractivity contribution < 1.29 is 4.74 Å². The van der Waals surface area contributed by atoms with Gasteiger partial charge in [-0.25, -0.2) is 4.98 Å². The van der Waals surface area contributed by atoms with Crippen LogP contribution in [0.1, 0.15) is 12.0 Å². The van der Waals surface area contributed by atoms with Crippen molar-refractivity contribution in [2.75, 3.05) is 6.61 Å². The summed E-state index contributed by atoms with van der Waals surface area (Å²) in [5.74, 6) is 3.16. The number of terminal acetylenes is 1. The molecule has 13 heavy (non-hydrogen) atoms. The minimum atomic E-state index is 0.520. The van der Waals surface area contributed by atoms with Crippen LogP contribution in [0, 0.1) is 19.3 Å². The van der Waals surface area contributed by atoms with E-state index in [0.717, 1.165) is 10.0 Å². The number of nitrogens with zero attached hydrogens (tertiary/aromatic N) is 1. The SMILES string of the molecule is C#CCCOc1ncc(Br)cc1C. The van der Waals surface area contributed by atoms with Crippen LogP contribution >= 0.6 is 15.9 Å². The highest BCUT2D eigenvalue weighted by Gasteiger charge is 2.00. The number of ether oxygens (including phenoxy) is 1. The van der Waals surface area contributed by atoms with Crippen LogP contribution in [-0.2, 0) is 0 Å². The van der Waals surface area contributed by atoms with E-state index in [9.17, 15) is 0 Å². The predicted octanol–water partition coefficient (Wildman–Crippen LogP) is 2.55. The largest absolute Gasteiger partial charge is 0.476 e. The van der Waals surface area contributed by atoms with Gasteiger partial charge in [0.1, 0.15) is 6.61 Å². The zero-order valence-corrected chi connectivity index (χ0v) is 8.97. The van der Waals surface area contributed by atoms with E-state index in [0.29, 0.717) is 18.9 Å². The Balaban J connectivity index is 2.62. The van der Waals surface area contributed by atoms with Gasteiger partial charge < -0.3 is 4.74 Å². The minimum absolute atomic E-state index is 0.520. The lowest BCUT2D eigenvalue weighted by Crippen LogP contribution is -1.99. The molecule has 0 N–H and O–H groups in total. The first-order valence-corrected chi connectivity index (χ1v) is 4.71. The average Bonchev–Trinajstić information content (AvgIpc) is 2.09. The summed E-state index contributed by atoms with van der Waals surface area (Å²) >= 11 is 3.33. The molecule has 0 aliphatic carbocycles. The van der Waals surface area contributed by atoms with Crippen molar-refractivity contribution in [3.05, 3.63) is 22.3 Å². The molecule has 0 aliphatic heterocycles. The standard InChI is InChI=1S/C10H10BrNO/c1-3-4-5-13-10-8(2)6-9(11)7-12-10/h1,6-7H,4-5H2,2H3. The number of hydrogen-bond donors (Lipinski definition) is 0. The number of aryl methyl sites for hydroxylation is 1. The molecule has 0 atom stereocenters. The number of rotatable bonds is 3. The van der Waals surface area contributed by atoms with Gasteiger partial charge in [0.2, 0.25) is 5.88 Å². The third kappa shape index (κ3) is 3.08. The Morgan fingerprint density at radius 2 is 2.46 bits per heavy atom. The van der Waals surface area contributed by atoms with Crippen molar-refractivity contribution in [3.63, 3.8) is 0 Å². The Labute approximate surface area is 86.5 Å². The summed E-state index contributed by atoms with van der Waals surface area (Å²) in [6.45, 7) is 2.47. The fourth-order valence-electron chi connectivity index (χ4n) is 0.886. The molecular formula is C10H10BrNO. The molecule has 0 saturated heterocycles. The van der Waals surface area contributed by atoms with Crippen LogP contribution in [0.4, 0.5) is 0 Å². The lowest BCUT2D eigenvalue weighted by atomic mass is 10.3. The molecule has 0 radical (unpaired) electrons. The van der Waals surface area contributed by atoms with Crippen LogP contribution in [0.25, 0.3) is 0 Å².